The summed E-state index contributed by atoms with van der Waals surface area (Å²) in [5, 5.41) is 22.7. The number of piperidine rings is 1. The third-order valence-electron chi connectivity index (χ3n) is 14.6. The number of anilines is 5. The SMILES string of the molecule is CN1CCN(C(=O)c2ccc(CC(=O)c3cc4c(nn3)CCCN4Cc3cc(Cl)ccc3Cl)cc2)CC1.COc1cc(N2CCC(N(C)C)CC2)ccc1Nc1cc2c(nn1)CCCN2Cc1c(Cl)ccc(F)c1Cl. The Morgan fingerprint density at radius 2 is 1.40 bits per heavy atom. The standard InChI is InChI=1S/C28H33Cl2FN6O.C28H29Cl2N5O2/c1-35(2)18-10-13-36(14-11-18)19-6-9-24(26(15-19)38-3)32-27-16-25-23(33-34-27)5-4-12-37(25)17-20-21(29)7-8-22(31)28(20)30;1-33-11-13-34(14-12-33)28(37)20-6-4-19(5-7-20)15-27(36)25-17-26-24(31-32-25)3-2-10-35(26)18-21-16-22(29)8-9-23(21)30/h6-9,15-16,18H,4-5,10-14,17H2,1-3H3,(H,32,34);4-9,16-17H,2-3,10-15,18H2,1H3. The minimum atomic E-state index is -0.476. The van der Waals surface area contributed by atoms with Crippen molar-refractivity contribution < 1.29 is 18.7 Å². The third-order valence-corrected chi connectivity index (χ3v) is 15.9. The number of piperazine rings is 1. The van der Waals surface area contributed by atoms with Gasteiger partial charge < -0.3 is 39.5 Å². The van der Waals surface area contributed by atoms with E-state index < -0.39 is 5.82 Å². The number of carbonyl (C=O) groups excluding carboxylic acids is 2. The summed E-state index contributed by atoms with van der Waals surface area (Å²) >= 11 is 25.2. The van der Waals surface area contributed by atoms with Gasteiger partial charge in [0.25, 0.3) is 5.91 Å². The van der Waals surface area contributed by atoms with Crippen LogP contribution < -0.4 is 24.8 Å². The number of rotatable bonds is 13. The summed E-state index contributed by atoms with van der Waals surface area (Å²) in [7, 11) is 8.04. The van der Waals surface area contributed by atoms with Crippen LogP contribution in [0.3, 0.4) is 0 Å². The summed E-state index contributed by atoms with van der Waals surface area (Å²) in [5.74, 6) is 0.791. The minimum absolute atomic E-state index is 0.0337. The number of hydrogen-bond donors (Lipinski definition) is 1. The summed E-state index contributed by atoms with van der Waals surface area (Å²) in [6, 6.07) is 26.2. The number of Topliss-reactive ketones (excluding diaryl/α,β-unsaturated/α-hetero) is 1. The van der Waals surface area contributed by atoms with Crippen LogP contribution in [0.2, 0.25) is 20.1 Å². The van der Waals surface area contributed by atoms with E-state index in [9.17, 15) is 14.0 Å². The highest BCUT2D eigenvalue weighted by Crippen LogP contribution is 2.37. The number of nitrogens with one attached hydrogen (secondary N) is 1. The van der Waals surface area contributed by atoms with Crippen LogP contribution in [0.25, 0.3) is 0 Å². The van der Waals surface area contributed by atoms with E-state index in [4.69, 9.17) is 51.1 Å². The number of likely N-dealkylation sites (N-methyl/N-ethyl adjacent to an activating group) is 1. The monoisotopic (exact) mass is 1100 g/mol. The molecular weight excluding hydrogens is 1040 g/mol. The Kier molecular flexibility index (Phi) is 17.6. The molecule has 2 fully saturated rings. The highest BCUT2D eigenvalue weighted by molar-refractivity contribution is 6.36. The van der Waals surface area contributed by atoms with Gasteiger partial charge in [0, 0.05) is 122 Å². The third kappa shape index (κ3) is 13.1. The zero-order valence-corrected chi connectivity index (χ0v) is 45.8. The van der Waals surface area contributed by atoms with Gasteiger partial charge in [-0.1, -0.05) is 58.5 Å². The fraction of sp³-hybridized carbons (Fsp3) is 0.393. The number of nitrogens with zero attached hydrogens (tertiary/aromatic N) is 10. The van der Waals surface area contributed by atoms with E-state index in [1.165, 1.54) is 6.07 Å². The number of amides is 1. The highest BCUT2D eigenvalue weighted by atomic mass is 35.5. The van der Waals surface area contributed by atoms with E-state index in [0.29, 0.717) is 56.8 Å². The Morgan fingerprint density at radius 3 is 2.09 bits per heavy atom. The highest BCUT2D eigenvalue weighted by Gasteiger charge is 2.27. The van der Waals surface area contributed by atoms with Crippen LogP contribution in [0.15, 0.2) is 84.9 Å². The molecule has 4 aromatic carbocycles. The average molecular weight is 1100 g/mol. The molecule has 4 aliphatic heterocycles. The molecule has 394 valence electrons. The first kappa shape index (κ1) is 54.0. The first-order valence-electron chi connectivity index (χ1n) is 25.5. The van der Waals surface area contributed by atoms with Crippen molar-refractivity contribution in [2.45, 2.75) is 64.1 Å². The van der Waals surface area contributed by atoms with Gasteiger partial charge in [-0.2, -0.15) is 10.2 Å². The lowest BCUT2D eigenvalue weighted by Gasteiger charge is -2.36. The molecule has 0 radical (unpaired) electrons. The summed E-state index contributed by atoms with van der Waals surface area (Å²) in [6.07, 6.45) is 5.99. The van der Waals surface area contributed by atoms with Gasteiger partial charge in [0.2, 0.25) is 0 Å². The average Bonchev–Trinajstić information content (AvgIpc) is 3.42. The summed E-state index contributed by atoms with van der Waals surface area (Å²) in [6.45, 7) is 7.83. The maximum atomic E-state index is 14.1. The van der Waals surface area contributed by atoms with Gasteiger partial charge in [0.15, 0.2) is 11.6 Å². The van der Waals surface area contributed by atoms with Crippen LogP contribution in [-0.2, 0) is 32.4 Å². The normalized spacial score (nSPS) is 16.0. The fourth-order valence-corrected chi connectivity index (χ4v) is 11.0. The Hall–Kier alpha value is -5.81. The van der Waals surface area contributed by atoms with E-state index in [0.717, 1.165) is 142 Å². The molecule has 14 nitrogen and oxygen atoms in total. The van der Waals surface area contributed by atoms with Crippen molar-refractivity contribution in [1.29, 1.82) is 0 Å². The first-order valence-corrected chi connectivity index (χ1v) is 27.0. The molecule has 0 aliphatic carbocycles. The zero-order valence-electron chi connectivity index (χ0n) is 42.8. The van der Waals surface area contributed by atoms with Crippen molar-refractivity contribution in [3.63, 3.8) is 0 Å². The molecule has 19 heteroatoms. The van der Waals surface area contributed by atoms with E-state index in [-0.39, 0.29) is 23.1 Å². The van der Waals surface area contributed by atoms with Gasteiger partial charge in [-0.05, 0) is 131 Å². The number of aryl methyl sites for hydroxylation is 2. The predicted molar refractivity (Wildman–Crippen MR) is 299 cm³/mol. The van der Waals surface area contributed by atoms with Crippen LogP contribution in [-0.4, -0.2) is 133 Å². The number of halogens is 5. The number of hydrogen-bond acceptors (Lipinski definition) is 13. The van der Waals surface area contributed by atoms with Crippen LogP contribution >= 0.6 is 46.4 Å². The minimum Gasteiger partial charge on any atom is -0.494 e. The van der Waals surface area contributed by atoms with Gasteiger partial charge >= 0.3 is 0 Å². The molecule has 4 aliphatic rings. The molecule has 0 bridgehead atoms. The molecule has 2 saturated heterocycles. The molecule has 6 aromatic rings. The number of ether oxygens (including phenoxy) is 1. The second-order valence-corrected chi connectivity index (χ2v) is 21.4. The lowest BCUT2D eigenvalue weighted by molar-refractivity contribution is 0.0664. The second-order valence-electron chi connectivity index (χ2n) is 19.8. The lowest BCUT2D eigenvalue weighted by atomic mass is 10.0. The fourth-order valence-electron chi connectivity index (χ4n) is 10.1. The van der Waals surface area contributed by atoms with Crippen LogP contribution in [0.1, 0.15) is 74.6 Å². The Morgan fingerprint density at radius 1 is 0.733 bits per heavy atom. The Balaban J connectivity index is 0.000000184. The number of methoxy groups -OCH3 is 1. The van der Waals surface area contributed by atoms with Crippen molar-refractivity contribution in [1.82, 2.24) is 35.1 Å². The zero-order chi connectivity index (χ0) is 52.8. The van der Waals surface area contributed by atoms with Gasteiger partial charge in [-0.15, -0.1) is 10.2 Å². The Bertz CT molecular complexity index is 3010. The predicted octanol–water partition coefficient (Wildman–Crippen LogP) is 10.7. The Labute approximate surface area is 458 Å². The van der Waals surface area contributed by atoms with Crippen molar-refractivity contribution in [3.05, 3.63) is 150 Å². The van der Waals surface area contributed by atoms with Crippen molar-refractivity contribution in [2.24, 2.45) is 0 Å². The molecule has 2 aromatic heterocycles. The molecular formula is C56H62Cl4FN11O3. The molecule has 10 rings (SSSR count). The molecule has 75 heavy (non-hydrogen) atoms. The van der Waals surface area contributed by atoms with Crippen LogP contribution in [0, 0.1) is 5.82 Å². The summed E-state index contributed by atoms with van der Waals surface area (Å²) in [5.41, 5.74) is 8.90. The van der Waals surface area contributed by atoms with E-state index >= 15 is 0 Å². The number of fused-ring (bicyclic) bond motifs is 2. The van der Waals surface area contributed by atoms with Gasteiger partial charge in [0.05, 0.1) is 40.6 Å². The maximum absolute atomic E-state index is 14.1. The molecule has 0 saturated carbocycles. The quantitative estimate of drug-likeness (QED) is 0.0872. The topological polar surface area (TPSA) is 126 Å². The van der Waals surface area contributed by atoms with Crippen molar-refractivity contribution in [2.75, 3.05) is 101 Å². The van der Waals surface area contributed by atoms with Gasteiger partial charge in [-0.3, -0.25) is 9.59 Å². The van der Waals surface area contributed by atoms with E-state index in [2.05, 4.69) is 83.5 Å². The molecule has 1 N–H and O–H groups in total. The summed E-state index contributed by atoms with van der Waals surface area (Å²) < 4.78 is 19.9. The van der Waals surface area contributed by atoms with Gasteiger partial charge in [-0.25, -0.2) is 4.39 Å². The summed E-state index contributed by atoms with van der Waals surface area (Å²) in [4.78, 5) is 39.0. The van der Waals surface area contributed by atoms with Crippen LogP contribution in [0.5, 0.6) is 5.75 Å². The van der Waals surface area contributed by atoms with Crippen LogP contribution in [0.4, 0.5) is 33.0 Å². The molecule has 1 amide bonds. The number of ketones is 1. The second kappa shape index (κ2) is 24.5. The molecule has 0 atom stereocenters. The largest absolute Gasteiger partial charge is 0.494 e. The van der Waals surface area contributed by atoms with Crippen molar-refractivity contribution in [3.8, 4) is 5.75 Å². The van der Waals surface area contributed by atoms with E-state index in [1.807, 2.05) is 41.3 Å². The van der Waals surface area contributed by atoms with Crippen molar-refractivity contribution >= 4 is 86.7 Å². The number of benzene rings is 4. The molecule has 0 spiro atoms. The number of carbonyl (C=O) groups is 2. The maximum Gasteiger partial charge on any atom is 0.253 e. The lowest BCUT2D eigenvalue weighted by Crippen LogP contribution is -2.47. The first-order chi connectivity index (χ1) is 36.2. The van der Waals surface area contributed by atoms with Gasteiger partial charge in [0.1, 0.15) is 17.3 Å². The smallest absolute Gasteiger partial charge is 0.253 e. The number of aromatic nitrogens is 4. The van der Waals surface area contributed by atoms with E-state index in [1.54, 1.807) is 37.4 Å². The molecule has 6 heterocycles. The molecule has 0 unspecified atom stereocenters.